The molecule has 4 rings (SSSR count). The van der Waals surface area contributed by atoms with Crippen LogP contribution < -0.4 is 0 Å². The second-order valence-corrected chi connectivity index (χ2v) is 8.25. The van der Waals surface area contributed by atoms with E-state index in [4.69, 9.17) is 0 Å². The Hall–Kier alpha value is -2.25. The Morgan fingerprint density at radius 2 is 1.96 bits per heavy atom. The molecule has 3 aromatic rings. The summed E-state index contributed by atoms with van der Waals surface area (Å²) in [6, 6.07) is 10.4. The molecule has 0 radical (unpaired) electrons. The topological polar surface area (TPSA) is 67.6 Å². The largest absolute Gasteiger partial charge is 0.288 e. The summed E-state index contributed by atoms with van der Waals surface area (Å²) < 4.78 is 29.8. The number of benzene rings is 1. The molecule has 2 aromatic heterocycles. The monoisotopic (exact) mass is 356 g/mol. The lowest BCUT2D eigenvalue weighted by molar-refractivity contribution is 0.251. The van der Waals surface area contributed by atoms with Gasteiger partial charge in [0, 0.05) is 24.6 Å². The molecule has 1 atom stereocenters. The number of piperidine rings is 1. The Morgan fingerprint density at radius 1 is 1.16 bits per heavy atom. The van der Waals surface area contributed by atoms with Gasteiger partial charge in [-0.25, -0.2) is 18.4 Å². The minimum Gasteiger partial charge on any atom is -0.288 e. The van der Waals surface area contributed by atoms with Crippen molar-refractivity contribution in [3.63, 3.8) is 0 Å². The second-order valence-electron chi connectivity index (χ2n) is 6.36. The van der Waals surface area contributed by atoms with Crippen molar-refractivity contribution in [3.05, 3.63) is 60.2 Å². The van der Waals surface area contributed by atoms with E-state index in [-0.39, 0.29) is 6.04 Å². The van der Waals surface area contributed by atoms with Gasteiger partial charge in [-0.3, -0.25) is 4.40 Å². The summed E-state index contributed by atoms with van der Waals surface area (Å²) in [6.45, 7) is 2.50. The molecule has 0 N–H and O–H groups in total. The van der Waals surface area contributed by atoms with Gasteiger partial charge in [-0.2, -0.15) is 4.31 Å². The maximum absolute atomic E-state index is 13.1. The molecule has 0 saturated carbocycles. The van der Waals surface area contributed by atoms with Crippen molar-refractivity contribution in [2.75, 3.05) is 6.54 Å². The minimum absolute atomic E-state index is 0.251. The molecule has 0 aliphatic carbocycles. The van der Waals surface area contributed by atoms with Crippen LogP contribution in [0.2, 0.25) is 0 Å². The number of aryl methyl sites for hydroxylation is 1. The van der Waals surface area contributed by atoms with Crippen LogP contribution >= 0.6 is 0 Å². The van der Waals surface area contributed by atoms with Gasteiger partial charge in [0.1, 0.15) is 0 Å². The lowest BCUT2D eigenvalue weighted by atomic mass is 10.0. The van der Waals surface area contributed by atoms with E-state index < -0.39 is 10.0 Å². The van der Waals surface area contributed by atoms with Crippen molar-refractivity contribution in [3.8, 4) is 0 Å². The summed E-state index contributed by atoms with van der Waals surface area (Å²) in [6.07, 6.45) is 6.20. The maximum Gasteiger partial charge on any atom is 0.243 e. The molecule has 0 amide bonds. The molecule has 1 fully saturated rings. The zero-order valence-electron chi connectivity index (χ0n) is 14.0. The summed E-state index contributed by atoms with van der Waals surface area (Å²) in [5.41, 5.74) is 1.77. The molecule has 0 bridgehead atoms. The standard InChI is InChI=1S/C18H20N4O2S/c1-14-13-16(20-18-19-10-12-21(14)18)17-9-5-6-11-22(17)25(23,24)15-7-3-2-4-8-15/h2-4,7-8,10,12-13,17H,5-6,9,11H2,1H3/t17-/m0/s1. The van der Waals surface area contributed by atoms with Gasteiger partial charge in [-0.1, -0.05) is 24.6 Å². The summed E-state index contributed by atoms with van der Waals surface area (Å²) >= 11 is 0. The van der Waals surface area contributed by atoms with Crippen molar-refractivity contribution in [2.24, 2.45) is 0 Å². The van der Waals surface area contributed by atoms with E-state index in [1.54, 1.807) is 34.8 Å². The third-order valence-electron chi connectivity index (χ3n) is 4.73. The zero-order valence-corrected chi connectivity index (χ0v) is 14.9. The van der Waals surface area contributed by atoms with Crippen molar-refractivity contribution in [1.29, 1.82) is 0 Å². The third-order valence-corrected chi connectivity index (χ3v) is 6.65. The van der Waals surface area contributed by atoms with Gasteiger partial charge in [0.2, 0.25) is 15.8 Å². The fourth-order valence-electron chi connectivity index (χ4n) is 3.47. The molecule has 0 unspecified atom stereocenters. The quantitative estimate of drug-likeness (QED) is 0.724. The first-order valence-electron chi connectivity index (χ1n) is 8.45. The molecule has 3 heterocycles. The molecule has 25 heavy (non-hydrogen) atoms. The lowest BCUT2D eigenvalue weighted by Crippen LogP contribution is -2.39. The van der Waals surface area contributed by atoms with E-state index in [2.05, 4.69) is 9.97 Å². The van der Waals surface area contributed by atoms with Crippen LogP contribution in [0.25, 0.3) is 5.78 Å². The highest BCUT2D eigenvalue weighted by molar-refractivity contribution is 7.89. The minimum atomic E-state index is -3.55. The van der Waals surface area contributed by atoms with Crippen LogP contribution in [0.4, 0.5) is 0 Å². The van der Waals surface area contributed by atoms with Crippen molar-refractivity contribution in [1.82, 2.24) is 18.7 Å². The van der Waals surface area contributed by atoms with Crippen LogP contribution in [0.5, 0.6) is 0 Å². The number of hydrogen-bond donors (Lipinski definition) is 0. The van der Waals surface area contributed by atoms with Gasteiger partial charge in [0.25, 0.3) is 0 Å². The van der Waals surface area contributed by atoms with E-state index in [9.17, 15) is 8.42 Å². The van der Waals surface area contributed by atoms with Crippen LogP contribution in [-0.4, -0.2) is 33.6 Å². The van der Waals surface area contributed by atoms with Crippen LogP contribution in [0.1, 0.15) is 36.7 Å². The van der Waals surface area contributed by atoms with E-state index in [0.717, 1.165) is 30.7 Å². The average molecular weight is 356 g/mol. The number of aromatic nitrogens is 3. The Labute approximate surface area is 147 Å². The van der Waals surface area contributed by atoms with Gasteiger partial charge < -0.3 is 0 Å². The molecular formula is C18H20N4O2S. The van der Waals surface area contributed by atoms with E-state index in [1.165, 1.54) is 0 Å². The lowest BCUT2D eigenvalue weighted by Gasteiger charge is -2.34. The van der Waals surface area contributed by atoms with E-state index in [0.29, 0.717) is 17.2 Å². The Morgan fingerprint density at radius 3 is 2.76 bits per heavy atom. The van der Waals surface area contributed by atoms with E-state index >= 15 is 0 Å². The van der Waals surface area contributed by atoms with E-state index in [1.807, 2.05) is 29.7 Å². The first-order valence-corrected chi connectivity index (χ1v) is 9.89. The number of nitrogens with zero attached hydrogens (tertiary/aromatic N) is 4. The van der Waals surface area contributed by atoms with Gasteiger partial charge >= 0.3 is 0 Å². The molecule has 1 aliphatic heterocycles. The number of sulfonamides is 1. The second kappa shape index (κ2) is 6.24. The average Bonchev–Trinajstić information content (AvgIpc) is 3.12. The zero-order chi connectivity index (χ0) is 17.4. The number of fused-ring (bicyclic) bond motifs is 1. The van der Waals surface area contributed by atoms with Crippen LogP contribution in [0.3, 0.4) is 0 Å². The van der Waals surface area contributed by atoms with Crippen molar-refractivity contribution >= 4 is 15.8 Å². The van der Waals surface area contributed by atoms with Gasteiger partial charge in [0.05, 0.1) is 16.6 Å². The molecule has 130 valence electrons. The molecule has 1 aliphatic rings. The Bertz CT molecular complexity index is 998. The maximum atomic E-state index is 13.1. The predicted molar refractivity (Wildman–Crippen MR) is 94.6 cm³/mol. The van der Waals surface area contributed by atoms with Gasteiger partial charge in [-0.15, -0.1) is 0 Å². The van der Waals surface area contributed by atoms with Crippen molar-refractivity contribution < 1.29 is 8.42 Å². The smallest absolute Gasteiger partial charge is 0.243 e. The fourth-order valence-corrected chi connectivity index (χ4v) is 5.16. The first-order chi connectivity index (χ1) is 12.1. The highest BCUT2D eigenvalue weighted by atomic mass is 32.2. The molecule has 0 spiro atoms. The fraction of sp³-hybridized carbons (Fsp3) is 0.333. The third kappa shape index (κ3) is 2.83. The summed E-state index contributed by atoms with van der Waals surface area (Å²) in [4.78, 5) is 9.22. The van der Waals surface area contributed by atoms with Crippen LogP contribution in [-0.2, 0) is 10.0 Å². The summed E-state index contributed by atoms with van der Waals surface area (Å²) in [5, 5.41) is 0. The van der Waals surface area contributed by atoms with Gasteiger partial charge in [-0.05, 0) is 38.0 Å². The summed E-state index contributed by atoms with van der Waals surface area (Å²) in [5.74, 6) is 0.609. The molecular weight excluding hydrogens is 336 g/mol. The summed E-state index contributed by atoms with van der Waals surface area (Å²) in [7, 11) is -3.55. The molecule has 6 nitrogen and oxygen atoms in total. The Kier molecular flexibility index (Phi) is 4.05. The highest BCUT2D eigenvalue weighted by Crippen LogP contribution is 2.35. The highest BCUT2D eigenvalue weighted by Gasteiger charge is 2.35. The molecule has 7 heteroatoms. The predicted octanol–water partition coefficient (Wildman–Crippen LogP) is 2.95. The first kappa shape index (κ1) is 16.2. The van der Waals surface area contributed by atoms with Crippen LogP contribution in [0, 0.1) is 6.92 Å². The number of hydrogen-bond acceptors (Lipinski definition) is 4. The normalized spacial score (nSPS) is 19.3. The Balaban J connectivity index is 1.78. The van der Waals surface area contributed by atoms with Crippen molar-refractivity contribution in [2.45, 2.75) is 37.1 Å². The number of rotatable bonds is 3. The number of imidazole rings is 1. The molecule has 1 aromatic carbocycles. The van der Waals surface area contributed by atoms with Crippen LogP contribution in [0.15, 0.2) is 53.7 Å². The molecule has 1 saturated heterocycles. The SMILES string of the molecule is Cc1cc([C@@H]2CCCCN2S(=O)(=O)c2ccccc2)nc2nccn12. The van der Waals surface area contributed by atoms with Gasteiger partial charge in [0.15, 0.2) is 0 Å².